The van der Waals surface area contributed by atoms with Crippen LogP contribution >= 0.6 is 35.9 Å². The van der Waals surface area contributed by atoms with Crippen molar-refractivity contribution in [1.82, 2.24) is 15.1 Å². The van der Waals surface area contributed by atoms with Crippen LogP contribution in [0.2, 0.25) is 0 Å². The molecule has 3 aliphatic rings. The van der Waals surface area contributed by atoms with Crippen LogP contribution in [0.1, 0.15) is 91.2 Å². The number of likely N-dealkylation sites (tertiary alicyclic amines) is 2. The van der Waals surface area contributed by atoms with Crippen LogP contribution < -0.4 is 5.32 Å². The number of amides is 2. The van der Waals surface area contributed by atoms with E-state index in [1.54, 1.807) is 20.8 Å². The molecule has 2 aromatic carbocycles. The smallest absolute Gasteiger partial charge is 0.410 e. The molecule has 0 radical (unpaired) electrons. The zero-order chi connectivity index (χ0) is 40.3. The normalized spacial score (nSPS) is 19.6. The molecule has 0 spiro atoms. The largest absolute Gasteiger partial charge is 0.444 e. The minimum Gasteiger partial charge on any atom is -0.444 e. The molecule has 3 saturated heterocycles. The number of rotatable bonds is 13. The highest BCUT2D eigenvalue weighted by molar-refractivity contribution is 7.99. The van der Waals surface area contributed by atoms with E-state index in [0.717, 1.165) is 62.5 Å². The molecule has 1 N–H and O–H groups in total. The third-order valence-corrected chi connectivity index (χ3v) is 11.8. The molecule has 3 atom stereocenters. The number of halogens is 1. The predicted molar refractivity (Wildman–Crippen MR) is 236 cm³/mol. The van der Waals surface area contributed by atoms with E-state index in [-0.39, 0.29) is 31.1 Å². The van der Waals surface area contributed by atoms with E-state index in [1.165, 1.54) is 53.3 Å². The van der Waals surface area contributed by atoms with E-state index >= 15 is 0 Å². The summed E-state index contributed by atoms with van der Waals surface area (Å²) < 4.78 is 37.4. The molecule has 14 heteroatoms. The van der Waals surface area contributed by atoms with Crippen LogP contribution in [0.4, 0.5) is 9.59 Å². The lowest BCUT2D eigenvalue weighted by Crippen LogP contribution is -2.42. The Labute approximate surface area is 352 Å². The first kappa shape index (κ1) is 50.0. The van der Waals surface area contributed by atoms with Crippen LogP contribution in [0.5, 0.6) is 0 Å². The molecule has 0 bridgehead atoms. The molecule has 0 unspecified atom stereocenters. The molecular weight excluding hydrogens is 790 g/mol. The third kappa shape index (κ3) is 21.6. The maximum absolute atomic E-state index is 12.2. The molecule has 3 fully saturated rings. The highest BCUT2D eigenvalue weighted by Gasteiger charge is 2.33. The number of thioether (sulfide) groups is 2. The van der Waals surface area contributed by atoms with Crippen molar-refractivity contribution < 1.29 is 31.7 Å². The van der Waals surface area contributed by atoms with Gasteiger partial charge in [-0.25, -0.2) is 9.59 Å². The molecule has 0 aromatic heterocycles. The van der Waals surface area contributed by atoms with E-state index in [1.807, 2.05) is 43.5 Å². The van der Waals surface area contributed by atoms with Gasteiger partial charge in [0.1, 0.15) is 11.2 Å². The van der Waals surface area contributed by atoms with Crippen LogP contribution in [0.15, 0.2) is 60.7 Å². The number of benzene rings is 2. The SMILES string of the molecule is CC(C)(C)OC(=O)N1CCC[C@H]1COS(C)(=O)=O.CC(C)(C)OC(=O)N1CCC[C@H]1CSCCc1ccccc1.Cl.c1ccc(CCSC[C@@H]2CCCN2)cc1. The molecular formula is C42H68ClN3O7S3. The first-order valence-corrected chi connectivity index (χ1v) is 23.9. The summed E-state index contributed by atoms with van der Waals surface area (Å²) in [4.78, 5) is 27.6. The number of aryl methyl sites for hydroxylation is 2. The summed E-state index contributed by atoms with van der Waals surface area (Å²) >= 11 is 4.02. The highest BCUT2D eigenvalue weighted by Crippen LogP contribution is 2.25. The van der Waals surface area contributed by atoms with Gasteiger partial charge in [0.05, 0.1) is 18.9 Å². The van der Waals surface area contributed by atoms with Crippen molar-refractivity contribution in [3.63, 3.8) is 0 Å². The maximum Gasteiger partial charge on any atom is 0.410 e. The Kier molecular flexibility index (Phi) is 22.6. The Morgan fingerprint density at radius 2 is 1.18 bits per heavy atom. The highest BCUT2D eigenvalue weighted by atomic mass is 35.5. The number of hydrogen-bond acceptors (Lipinski definition) is 10. The van der Waals surface area contributed by atoms with Gasteiger partial charge in [-0.05, 0) is 122 Å². The van der Waals surface area contributed by atoms with Crippen molar-refractivity contribution in [1.29, 1.82) is 0 Å². The van der Waals surface area contributed by atoms with Crippen LogP contribution in [0.3, 0.4) is 0 Å². The number of hydrogen-bond donors (Lipinski definition) is 1. The van der Waals surface area contributed by atoms with Gasteiger partial charge in [0.25, 0.3) is 10.1 Å². The van der Waals surface area contributed by atoms with Gasteiger partial charge in [-0.1, -0.05) is 60.7 Å². The lowest BCUT2D eigenvalue weighted by atomic mass is 10.2. The van der Waals surface area contributed by atoms with E-state index in [4.69, 9.17) is 13.7 Å². The van der Waals surface area contributed by atoms with Gasteiger partial charge >= 0.3 is 12.2 Å². The van der Waals surface area contributed by atoms with Crippen LogP contribution in [0, 0.1) is 0 Å². The van der Waals surface area contributed by atoms with E-state index < -0.39 is 27.4 Å². The third-order valence-electron chi connectivity index (χ3n) is 9.03. The summed E-state index contributed by atoms with van der Waals surface area (Å²) in [5, 5.41) is 3.53. The summed E-state index contributed by atoms with van der Waals surface area (Å²) in [5.41, 5.74) is 1.88. The molecule has 3 aliphatic heterocycles. The Morgan fingerprint density at radius 3 is 1.62 bits per heavy atom. The van der Waals surface area contributed by atoms with Gasteiger partial charge in [0.2, 0.25) is 0 Å². The minimum absolute atomic E-state index is 0. The maximum atomic E-state index is 12.2. The van der Waals surface area contributed by atoms with E-state index in [9.17, 15) is 18.0 Å². The van der Waals surface area contributed by atoms with Crippen molar-refractivity contribution in [3.8, 4) is 0 Å². The molecule has 2 aromatic rings. The number of carbonyl (C=O) groups excluding carboxylic acids is 2. The Bertz CT molecular complexity index is 1500. The second kappa shape index (κ2) is 25.4. The van der Waals surface area contributed by atoms with Gasteiger partial charge in [0.15, 0.2) is 0 Å². The lowest BCUT2D eigenvalue weighted by molar-refractivity contribution is 0.0187. The summed E-state index contributed by atoms with van der Waals surface area (Å²) in [5.74, 6) is 4.64. The quantitative estimate of drug-likeness (QED) is 0.155. The average Bonchev–Trinajstić information content (AvgIpc) is 3.91. The van der Waals surface area contributed by atoms with Crippen LogP contribution in [-0.2, 0) is 36.6 Å². The van der Waals surface area contributed by atoms with Gasteiger partial charge < -0.3 is 24.6 Å². The Morgan fingerprint density at radius 1 is 0.714 bits per heavy atom. The monoisotopic (exact) mass is 857 g/mol. The van der Waals surface area contributed by atoms with Gasteiger partial charge in [-0.3, -0.25) is 4.18 Å². The fourth-order valence-corrected chi connectivity index (χ4v) is 9.04. The topological polar surface area (TPSA) is 114 Å². The first-order valence-electron chi connectivity index (χ1n) is 19.8. The number of nitrogens with one attached hydrogen (secondary N) is 1. The summed E-state index contributed by atoms with van der Waals surface area (Å²) in [6.45, 7) is 13.8. The van der Waals surface area contributed by atoms with Crippen molar-refractivity contribution in [3.05, 3.63) is 71.8 Å². The average molecular weight is 859 g/mol. The molecule has 56 heavy (non-hydrogen) atoms. The summed E-state index contributed by atoms with van der Waals surface area (Å²) in [6, 6.07) is 22.2. The van der Waals surface area contributed by atoms with Gasteiger partial charge in [0, 0.05) is 36.7 Å². The molecule has 3 heterocycles. The molecule has 0 saturated carbocycles. The second-order valence-corrected chi connectivity index (χ2v) is 20.3. The Balaban J connectivity index is 0.000000293. The van der Waals surface area contributed by atoms with Crippen LogP contribution in [-0.4, -0.2) is 115 Å². The lowest BCUT2D eigenvalue weighted by Gasteiger charge is -2.28. The zero-order valence-corrected chi connectivity index (χ0v) is 38.0. The molecule has 0 aliphatic carbocycles. The molecule has 318 valence electrons. The zero-order valence-electron chi connectivity index (χ0n) is 34.7. The van der Waals surface area contributed by atoms with Gasteiger partial charge in [-0.2, -0.15) is 31.9 Å². The number of carbonyl (C=O) groups is 2. The van der Waals surface area contributed by atoms with Crippen molar-refractivity contribution in [2.45, 2.75) is 122 Å². The fraction of sp³-hybridized carbons (Fsp3) is 0.667. The van der Waals surface area contributed by atoms with Crippen LogP contribution in [0.25, 0.3) is 0 Å². The van der Waals surface area contributed by atoms with Crippen molar-refractivity contribution >= 4 is 58.2 Å². The molecule has 5 rings (SSSR count). The fourth-order valence-electron chi connectivity index (χ4n) is 6.36. The van der Waals surface area contributed by atoms with E-state index in [2.05, 4.69) is 71.7 Å². The summed E-state index contributed by atoms with van der Waals surface area (Å²) in [6.07, 6.45) is 9.21. The first-order chi connectivity index (χ1) is 26.0. The standard InChI is InChI=1S/C18H27NO2S.C13H19NS.C11H21NO5S.ClH/c1-18(2,3)21-17(20)19-12-7-10-16(19)14-22-13-11-15-8-5-4-6-9-15;1-2-5-12(6-3-1)8-10-15-11-13-7-4-9-14-13;1-11(2,3)17-10(13)12-7-5-6-9(12)8-16-18(4,14)15;/h4-6,8-9,16H,7,10-14H2,1-3H3;1-3,5-6,13-14H,4,7-11H2;9H,5-8H2,1-4H3;1H/t16-;13-;9-;/m000./s1. The number of ether oxygens (including phenoxy) is 2. The van der Waals surface area contributed by atoms with Crippen molar-refractivity contribution in [2.24, 2.45) is 0 Å². The summed E-state index contributed by atoms with van der Waals surface area (Å²) in [7, 11) is -3.47. The van der Waals surface area contributed by atoms with Gasteiger partial charge in [-0.15, -0.1) is 12.4 Å². The Hall–Kier alpha value is -2.16. The second-order valence-electron chi connectivity index (χ2n) is 16.3. The van der Waals surface area contributed by atoms with Crippen molar-refractivity contribution in [2.75, 3.05) is 55.5 Å². The minimum atomic E-state index is -3.47. The van der Waals surface area contributed by atoms with E-state index in [0.29, 0.717) is 12.6 Å². The molecule has 2 amide bonds. The molecule has 10 nitrogen and oxygen atoms in total. The predicted octanol–water partition coefficient (Wildman–Crippen LogP) is 8.86. The number of nitrogens with zero attached hydrogens (tertiary/aromatic N) is 2.